The van der Waals surface area contributed by atoms with Gasteiger partial charge in [0.25, 0.3) is 0 Å². The fraction of sp³-hybridized carbons (Fsp3) is 0.360. The molecule has 35 heavy (non-hydrogen) atoms. The van der Waals surface area contributed by atoms with Gasteiger partial charge in [-0.3, -0.25) is 4.79 Å². The molecule has 1 saturated heterocycles. The number of rotatable bonds is 5. The number of benzene rings is 1. The first kappa shape index (κ1) is 23.6. The normalized spacial score (nSPS) is 19.1. The Morgan fingerprint density at radius 1 is 1.37 bits per heavy atom. The van der Waals surface area contributed by atoms with Crippen LogP contribution in [0.3, 0.4) is 0 Å². The largest absolute Gasteiger partial charge is 0.478 e. The number of pyridine rings is 1. The maximum Gasteiger partial charge on any atom is 0.239 e. The Kier molecular flexibility index (Phi) is 6.37. The molecule has 3 aromatic rings. The van der Waals surface area contributed by atoms with E-state index in [9.17, 15) is 13.6 Å². The molecule has 184 valence electrons. The van der Waals surface area contributed by atoms with E-state index in [1.165, 1.54) is 0 Å². The van der Waals surface area contributed by atoms with Crippen LogP contribution in [0.25, 0.3) is 16.5 Å². The predicted molar refractivity (Wildman–Crippen MR) is 129 cm³/mol. The second-order valence-corrected chi connectivity index (χ2v) is 9.17. The summed E-state index contributed by atoms with van der Waals surface area (Å²) in [5.41, 5.74) is 8.14. The topological polar surface area (TPSA) is 93.6 Å². The Balaban J connectivity index is 1.41. The van der Waals surface area contributed by atoms with E-state index in [-0.39, 0.29) is 34.1 Å². The number of amides is 1. The lowest BCUT2D eigenvalue weighted by atomic mass is 9.99. The number of fused-ring (bicyclic) bond motifs is 1. The summed E-state index contributed by atoms with van der Waals surface area (Å²) in [5.74, 6) is -1.12. The average Bonchev–Trinajstić information content (AvgIpc) is 3.54. The minimum atomic E-state index is -0.959. The lowest BCUT2D eigenvalue weighted by molar-refractivity contribution is -0.132. The van der Waals surface area contributed by atoms with Crippen LogP contribution in [0.15, 0.2) is 35.1 Å². The molecule has 0 radical (unpaired) electrons. The van der Waals surface area contributed by atoms with Crippen molar-refractivity contribution >= 4 is 39.9 Å². The van der Waals surface area contributed by atoms with Crippen LogP contribution in [0.5, 0.6) is 5.75 Å². The number of carbonyl (C=O) groups excluding carboxylic acids is 1. The van der Waals surface area contributed by atoms with Gasteiger partial charge < -0.3 is 25.1 Å². The Labute approximate surface area is 205 Å². The molecular formula is C25H25ClF2N4O3. The molecular weight excluding hydrogens is 478 g/mol. The molecule has 1 fully saturated rings. The number of hydrogen-bond donors (Lipinski definition) is 2. The van der Waals surface area contributed by atoms with E-state index in [4.69, 9.17) is 26.5 Å². The number of hydrogen-bond acceptors (Lipinski definition) is 6. The maximum atomic E-state index is 14.4. The summed E-state index contributed by atoms with van der Waals surface area (Å²) < 4.78 is 40.0. The second kappa shape index (κ2) is 9.47. The number of nitrogens with one attached hydrogen (secondary N) is 1. The van der Waals surface area contributed by atoms with Crippen LogP contribution in [-0.2, 0) is 4.79 Å². The molecule has 7 nitrogen and oxygen atoms in total. The van der Waals surface area contributed by atoms with Gasteiger partial charge in [-0.05, 0) is 50.4 Å². The summed E-state index contributed by atoms with van der Waals surface area (Å²) in [7, 11) is 0. The van der Waals surface area contributed by atoms with Gasteiger partial charge >= 0.3 is 0 Å². The molecule has 10 heteroatoms. The Morgan fingerprint density at radius 2 is 2.17 bits per heavy atom. The van der Waals surface area contributed by atoms with E-state index in [1.807, 2.05) is 11.0 Å². The van der Waals surface area contributed by atoms with Crippen LogP contribution in [0.4, 0.5) is 14.6 Å². The molecule has 2 atom stereocenters. The van der Waals surface area contributed by atoms with Crippen molar-refractivity contribution in [3.8, 4) is 5.75 Å². The van der Waals surface area contributed by atoms with Gasteiger partial charge in [-0.15, -0.1) is 0 Å². The number of nitrogen functional groups attached to an aromatic ring is 1. The Bertz CT molecular complexity index is 1320. The van der Waals surface area contributed by atoms with Gasteiger partial charge in [-0.25, -0.2) is 13.8 Å². The van der Waals surface area contributed by atoms with Crippen molar-refractivity contribution in [3.63, 3.8) is 0 Å². The number of carbonyl (C=O) groups is 1. The number of aromatic nitrogens is 1. The molecule has 1 aromatic carbocycles. The minimum Gasteiger partial charge on any atom is -0.478 e. The van der Waals surface area contributed by atoms with Gasteiger partial charge in [0.1, 0.15) is 17.7 Å². The number of nitrogens with zero attached hydrogens (tertiary/aromatic N) is 2. The first-order valence-corrected chi connectivity index (χ1v) is 11.9. The number of ether oxygens (including phenoxy) is 1. The van der Waals surface area contributed by atoms with Crippen molar-refractivity contribution in [1.82, 2.24) is 15.2 Å². The Hall–Kier alpha value is -3.17. The molecule has 5 rings (SSSR count). The summed E-state index contributed by atoms with van der Waals surface area (Å²) >= 11 is 5.99. The van der Waals surface area contributed by atoms with Gasteiger partial charge in [0.2, 0.25) is 11.7 Å². The number of furan rings is 1. The fourth-order valence-corrected chi connectivity index (χ4v) is 5.03. The van der Waals surface area contributed by atoms with Crippen LogP contribution in [0, 0.1) is 11.6 Å². The van der Waals surface area contributed by atoms with Gasteiger partial charge in [0.05, 0.1) is 22.7 Å². The molecule has 2 aromatic heterocycles. The van der Waals surface area contributed by atoms with Crippen LogP contribution in [0.2, 0.25) is 5.02 Å². The van der Waals surface area contributed by atoms with E-state index >= 15 is 0 Å². The molecule has 4 heterocycles. The maximum absolute atomic E-state index is 14.4. The van der Waals surface area contributed by atoms with E-state index in [1.54, 1.807) is 19.4 Å². The second-order valence-electron chi connectivity index (χ2n) is 8.79. The molecule has 3 N–H and O–H groups in total. The number of anilines is 1. The molecule has 2 aliphatic heterocycles. The van der Waals surface area contributed by atoms with Crippen molar-refractivity contribution in [2.45, 2.75) is 38.3 Å². The highest BCUT2D eigenvalue weighted by atomic mass is 35.5. The molecule has 0 spiro atoms. The van der Waals surface area contributed by atoms with E-state index in [0.717, 1.165) is 42.7 Å². The molecule has 2 aliphatic rings. The SMILES string of the molecule is C[C@@H](Oc1c(N)ncc2c(C3=CCN(C(=O)C4CCCN4)CC3)coc12)c1c(F)ccc(F)c1Cl. The quantitative estimate of drug-likeness (QED) is 0.484. The monoisotopic (exact) mass is 502 g/mol. The third-order valence-electron chi connectivity index (χ3n) is 6.61. The zero-order valence-electron chi connectivity index (χ0n) is 19.1. The van der Waals surface area contributed by atoms with Crippen LogP contribution < -0.4 is 15.8 Å². The average molecular weight is 503 g/mol. The van der Waals surface area contributed by atoms with E-state index in [0.29, 0.717) is 30.5 Å². The standard InChI is InChI=1S/C25H25ClF2N4O3/c1-13(20-17(27)4-5-18(28)21(20)26)35-23-22-15(11-31-24(23)29)16(12-34-22)14-6-9-32(10-7-14)25(33)19-3-2-8-30-19/h4-6,11-13,19,30H,2-3,7-10H2,1H3,(H2,29,31)/t13-,19?/m1/s1. The molecule has 1 amide bonds. The van der Waals surface area contributed by atoms with E-state index in [2.05, 4.69) is 10.3 Å². The number of nitrogens with two attached hydrogens (primary N) is 1. The van der Waals surface area contributed by atoms with Crippen LogP contribution >= 0.6 is 11.6 Å². The van der Waals surface area contributed by atoms with Crippen molar-refractivity contribution in [2.75, 3.05) is 25.4 Å². The molecule has 0 saturated carbocycles. The van der Waals surface area contributed by atoms with Gasteiger partial charge in [0, 0.05) is 30.4 Å². The summed E-state index contributed by atoms with van der Waals surface area (Å²) in [6, 6.07) is 1.86. The fourth-order valence-electron chi connectivity index (χ4n) is 4.72. The summed E-state index contributed by atoms with van der Waals surface area (Å²) in [5, 5.41) is 3.58. The lowest BCUT2D eigenvalue weighted by Gasteiger charge is -2.28. The van der Waals surface area contributed by atoms with Gasteiger partial charge in [-0.1, -0.05) is 17.7 Å². The third kappa shape index (κ3) is 4.34. The summed E-state index contributed by atoms with van der Waals surface area (Å²) in [6.07, 6.45) is 6.80. The first-order valence-electron chi connectivity index (χ1n) is 11.5. The first-order chi connectivity index (χ1) is 16.8. The van der Waals surface area contributed by atoms with Crippen molar-refractivity contribution in [1.29, 1.82) is 0 Å². The summed E-state index contributed by atoms with van der Waals surface area (Å²) in [4.78, 5) is 18.8. The zero-order valence-corrected chi connectivity index (χ0v) is 19.9. The predicted octanol–water partition coefficient (Wildman–Crippen LogP) is 4.85. The van der Waals surface area contributed by atoms with Gasteiger partial charge in [0.15, 0.2) is 11.4 Å². The summed E-state index contributed by atoms with van der Waals surface area (Å²) in [6.45, 7) is 3.54. The zero-order chi connectivity index (χ0) is 24.7. The van der Waals surface area contributed by atoms with Gasteiger partial charge in [-0.2, -0.15) is 0 Å². The van der Waals surface area contributed by atoms with Crippen LogP contribution in [-0.4, -0.2) is 41.5 Å². The molecule has 1 unspecified atom stereocenters. The lowest BCUT2D eigenvalue weighted by Crippen LogP contribution is -2.45. The van der Waals surface area contributed by atoms with Crippen LogP contribution in [0.1, 0.15) is 43.4 Å². The van der Waals surface area contributed by atoms with E-state index < -0.39 is 17.7 Å². The highest BCUT2D eigenvalue weighted by Crippen LogP contribution is 2.40. The molecule has 0 bridgehead atoms. The minimum absolute atomic E-state index is 0.0524. The smallest absolute Gasteiger partial charge is 0.239 e. The van der Waals surface area contributed by atoms with Crippen molar-refractivity contribution < 1.29 is 22.7 Å². The Morgan fingerprint density at radius 3 is 2.89 bits per heavy atom. The van der Waals surface area contributed by atoms with Crippen molar-refractivity contribution in [2.24, 2.45) is 0 Å². The molecule has 0 aliphatic carbocycles. The highest BCUT2D eigenvalue weighted by Gasteiger charge is 2.29. The van der Waals surface area contributed by atoms with Crippen molar-refractivity contribution in [3.05, 3.63) is 58.5 Å². The number of halogens is 3. The third-order valence-corrected chi connectivity index (χ3v) is 6.99. The highest BCUT2D eigenvalue weighted by molar-refractivity contribution is 6.31.